The van der Waals surface area contributed by atoms with E-state index in [1.54, 1.807) is 25.1 Å². The maximum absolute atomic E-state index is 12.3. The highest BCUT2D eigenvalue weighted by Gasteiger charge is 2.14. The molecule has 0 saturated heterocycles. The Hall–Kier alpha value is -2.82. The van der Waals surface area contributed by atoms with Crippen LogP contribution in [0.15, 0.2) is 48.5 Å². The second kappa shape index (κ2) is 8.15. The van der Waals surface area contributed by atoms with Crippen molar-refractivity contribution in [2.75, 3.05) is 6.61 Å². The van der Waals surface area contributed by atoms with Crippen molar-refractivity contribution in [3.63, 3.8) is 0 Å². The van der Waals surface area contributed by atoms with E-state index in [1.807, 2.05) is 19.9 Å². The first-order valence-corrected chi connectivity index (χ1v) is 7.76. The average Bonchev–Trinajstić information content (AvgIpc) is 2.56. The molecule has 0 aliphatic carbocycles. The average molecular weight is 328 g/mol. The van der Waals surface area contributed by atoms with E-state index in [-0.39, 0.29) is 6.10 Å². The highest BCUT2D eigenvalue weighted by atomic mass is 16.6. The molecule has 24 heavy (non-hydrogen) atoms. The molecule has 0 amide bonds. The Morgan fingerprint density at radius 3 is 1.96 bits per heavy atom. The summed E-state index contributed by atoms with van der Waals surface area (Å²) in [5, 5.41) is 0. The minimum Gasteiger partial charge on any atom is -0.487 e. The summed E-state index contributed by atoms with van der Waals surface area (Å²) >= 11 is 0. The standard InChI is InChI=1S/C19H20O5/c1-4-22-18(20)14-9-11-15(12-10-14)19(21)24-17-8-6-5-7-16(17)23-13(2)3/h5-13H,4H2,1-3H3. The van der Waals surface area contributed by atoms with Gasteiger partial charge < -0.3 is 14.2 Å². The van der Waals surface area contributed by atoms with Crippen molar-refractivity contribution in [3.05, 3.63) is 59.7 Å². The van der Waals surface area contributed by atoms with Crippen LogP contribution in [0, 0.1) is 0 Å². The smallest absolute Gasteiger partial charge is 0.343 e. The monoisotopic (exact) mass is 328 g/mol. The Labute approximate surface area is 141 Å². The predicted molar refractivity (Wildman–Crippen MR) is 89.6 cm³/mol. The van der Waals surface area contributed by atoms with Crippen LogP contribution in [-0.2, 0) is 4.74 Å². The van der Waals surface area contributed by atoms with E-state index in [2.05, 4.69) is 0 Å². The van der Waals surface area contributed by atoms with Gasteiger partial charge in [0, 0.05) is 0 Å². The van der Waals surface area contributed by atoms with Crippen LogP contribution in [0.3, 0.4) is 0 Å². The number of rotatable bonds is 6. The van der Waals surface area contributed by atoms with Gasteiger partial charge in [-0.2, -0.15) is 0 Å². The summed E-state index contributed by atoms with van der Waals surface area (Å²) in [6.45, 7) is 5.83. The number of benzene rings is 2. The van der Waals surface area contributed by atoms with E-state index >= 15 is 0 Å². The molecule has 0 atom stereocenters. The van der Waals surface area contributed by atoms with Gasteiger partial charge in [-0.05, 0) is 57.2 Å². The van der Waals surface area contributed by atoms with Crippen LogP contribution in [-0.4, -0.2) is 24.6 Å². The zero-order valence-corrected chi connectivity index (χ0v) is 13.9. The largest absolute Gasteiger partial charge is 0.487 e. The van der Waals surface area contributed by atoms with Crippen molar-refractivity contribution in [3.8, 4) is 11.5 Å². The highest BCUT2D eigenvalue weighted by molar-refractivity contribution is 5.94. The number of para-hydroxylation sites is 2. The minimum absolute atomic E-state index is 0.0336. The quantitative estimate of drug-likeness (QED) is 0.595. The molecule has 0 fully saturated rings. The molecule has 0 saturated carbocycles. The van der Waals surface area contributed by atoms with Crippen molar-refractivity contribution in [1.29, 1.82) is 0 Å². The normalized spacial score (nSPS) is 10.3. The Kier molecular flexibility index (Phi) is 5.95. The highest BCUT2D eigenvalue weighted by Crippen LogP contribution is 2.28. The summed E-state index contributed by atoms with van der Waals surface area (Å²) in [6, 6.07) is 13.1. The molecule has 5 heteroatoms. The van der Waals surface area contributed by atoms with Gasteiger partial charge in [0.1, 0.15) is 0 Å². The predicted octanol–water partition coefficient (Wildman–Crippen LogP) is 3.87. The molecule has 2 aromatic carbocycles. The molecule has 0 radical (unpaired) electrons. The van der Waals surface area contributed by atoms with Gasteiger partial charge in [0.15, 0.2) is 11.5 Å². The minimum atomic E-state index is -0.523. The molecule has 0 aromatic heterocycles. The van der Waals surface area contributed by atoms with Crippen molar-refractivity contribution < 1.29 is 23.8 Å². The summed E-state index contributed by atoms with van der Waals surface area (Å²) in [7, 11) is 0. The molecular formula is C19H20O5. The van der Waals surface area contributed by atoms with Crippen LogP contribution < -0.4 is 9.47 Å². The van der Waals surface area contributed by atoms with Gasteiger partial charge in [-0.1, -0.05) is 12.1 Å². The lowest BCUT2D eigenvalue weighted by Gasteiger charge is -2.13. The van der Waals surface area contributed by atoms with Gasteiger partial charge >= 0.3 is 11.9 Å². The fourth-order valence-electron chi connectivity index (χ4n) is 2.00. The van der Waals surface area contributed by atoms with Gasteiger partial charge in [0.2, 0.25) is 0 Å². The van der Waals surface area contributed by atoms with Gasteiger partial charge in [0.25, 0.3) is 0 Å². The second-order valence-electron chi connectivity index (χ2n) is 5.30. The van der Waals surface area contributed by atoms with E-state index in [0.717, 1.165) is 0 Å². The molecule has 2 rings (SSSR count). The molecule has 126 valence electrons. The van der Waals surface area contributed by atoms with Crippen LogP contribution in [0.2, 0.25) is 0 Å². The Balaban J connectivity index is 2.11. The SMILES string of the molecule is CCOC(=O)c1ccc(C(=O)Oc2ccccc2OC(C)C)cc1. The third kappa shape index (κ3) is 4.59. The second-order valence-corrected chi connectivity index (χ2v) is 5.30. The molecule has 0 bridgehead atoms. The first kappa shape index (κ1) is 17.5. The molecule has 2 aromatic rings. The Morgan fingerprint density at radius 1 is 0.875 bits per heavy atom. The van der Waals surface area contributed by atoms with Crippen molar-refractivity contribution in [2.24, 2.45) is 0 Å². The summed E-state index contributed by atoms with van der Waals surface area (Å²) in [5.74, 6) is -0.0898. The summed E-state index contributed by atoms with van der Waals surface area (Å²) in [4.78, 5) is 23.9. The van der Waals surface area contributed by atoms with E-state index in [4.69, 9.17) is 14.2 Å². The van der Waals surface area contributed by atoms with Crippen LogP contribution >= 0.6 is 0 Å². The maximum Gasteiger partial charge on any atom is 0.343 e. The van der Waals surface area contributed by atoms with Crippen LogP contribution in [0.4, 0.5) is 0 Å². The van der Waals surface area contributed by atoms with Gasteiger partial charge in [-0.3, -0.25) is 0 Å². The van der Waals surface area contributed by atoms with Gasteiger partial charge in [0.05, 0.1) is 23.8 Å². The van der Waals surface area contributed by atoms with E-state index < -0.39 is 11.9 Å². The number of carbonyl (C=O) groups excluding carboxylic acids is 2. The van der Waals surface area contributed by atoms with Crippen LogP contribution in [0.5, 0.6) is 11.5 Å². The topological polar surface area (TPSA) is 61.8 Å². The molecule has 0 aliphatic rings. The Bertz CT molecular complexity index is 704. The van der Waals surface area contributed by atoms with Crippen molar-refractivity contribution in [1.82, 2.24) is 0 Å². The number of hydrogen-bond donors (Lipinski definition) is 0. The van der Waals surface area contributed by atoms with Crippen molar-refractivity contribution >= 4 is 11.9 Å². The first-order valence-electron chi connectivity index (χ1n) is 7.76. The summed E-state index contributed by atoms with van der Waals surface area (Å²) in [5.41, 5.74) is 0.722. The molecular weight excluding hydrogens is 308 g/mol. The number of ether oxygens (including phenoxy) is 3. The molecule has 0 heterocycles. The zero-order chi connectivity index (χ0) is 17.5. The lowest BCUT2D eigenvalue weighted by molar-refractivity contribution is 0.0525. The molecule has 0 N–H and O–H groups in total. The zero-order valence-electron chi connectivity index (χ0n) is 13.9. The van der Waals surface area contributed by atoms with E-state index in [0.29, 0.717) is 29.2 Å². The van der Waals surface area contributed by atoms with E-state index in [9.17, 15) is 9.59 Å². The Morgan fingerprint density at radius 2 is 1.42 bits per heavy atom. The lowest BCUT2D eigenvalue weighted by Crippen LogP contribution is -2.12. The fourth-order valence-corrected chi connectivity index (χ4v) is 2.00. The van der Waals surface area contributed by atoms with Gasteiger partial charge in [-0.15, -0.1) is 0 Å². The van der Waals surface area contributed by atoms with Crippen LogP contribution in [0.1, 0.15) is 41.5 Å². The third-order valence-electron chi connectivity index (χ3n) is 3.05. The summed E-state index contributed by atoms with van der Waals surface area (Å²) < 4.78 is 15.9. The third-order valence-corrected chi connectivity index (χ3v) is 3.05. The van der Waals surface area contributed by atoms with E-state index in [1.165, 1.54) is 24.3 Å². The van der Waals surface area contributed by atoms with Gasteiger partial charge in [-0.25, -0.2) is 9.59 Å². The van der Waals surface area contributed by atoms with Crippen molar-refractivity contribution in [2.45, 2.75) is 26.9 Å². The molecule has 0 aliphatic heterocycles. The molecule has 5 nitrogen and oxygen atoms in total. The summed E-state index contributed by atoms with van der Waals surface area (Å²) in [6.07, 6.45) is -0.0336. The molecule has 0 spiro atoms. The lowest BCUT2D eigenvalue weighted by atomic mass is 10.1. The first-order chi connectivity index (χ1) is 11.5. The maximum atomic E-state index is 12.3. The molecule has 0 unspecified atom stereocenters. The number of carbonyl (C=O) groups is 2. The number of esters is 2. The number of hydrogen-bond acceptors (Lipinski definition) is 5. The van der Waals surface area contributed by atoms with Crippen LogP contribution in [0.25, 0.3) is 0 Å². The fraction of sp³-hybridized carbons (Fsp3) is 0.263.